The van der Waals surface area contributed by atoms with Gasteiger partial charge in [0.25, 0.3) is 0 Å². The molecule has 5 nitrogen and oxygen atoms in total. The number of ether oxygens (including phenoxy) is 1. The van der Waals surface area contributed by atoms with Crippen LogP contribution < -0.4 is 15.8 Å². The van der Waals surface area contributed by atoms with Gasteiger partial charge in [-0.15, -0.1) is 0 Å². The normalized spacial score (nSPS) is 11.7. The second-order valence-electron chi connectivity index (χ2n) is 7.08. The van der Waals surface area contributed by atoms with Crippen molar-refractivity contribution in [1.29, 1.82) is 0 Å². The van der Waals surface area contributed by atoms with Crippen molar-refractivity contribution in [1.82, 2.24) is 5.73 Å². The third-order valence-electron chi connectivity index (χ3n) is 4.83. The van der Waals surface area contributed by atoms with Gasteiger partial charge in [-0.3, -0.25) is 4.79 Å². The molecule has 1 radical (unpaired) electrons. The molecule has 0 aliphatic heterocycles. The standard InChI is InChI=1S/C24H25N2O3/c1-4-20(17-8-6-5-7-9-17)24(28)26-21-14-19(10-11-22(21)27)29-23-15(2)12-18(25)13-16(23)3/h5-14,20,25,27H,4H2,1-3H3,(H,26,28). The molecule has 0 spiro atoms. The highest BCUT2D eigenvalue weighted by atomic mass is 16.5. The molecule has 0 saturated heterocycles. The highest BCUT2D eigenvalue weighted by Gasteiger charge is 2.20. The summed E-state index contributed by atoms with van der Waals surface area (Å²) >= 11 is 0. The van der Waals surface area contributed by atoms with Gasteiger partial charge in [-0.25, -0.2) is 0 Å². The maximum Gasteiger partial charge on any atom is 0.232 e. The SMILES string of the molecule is CCC(C(=O)Nc1cc(Oc2c(C)cc([NH])cc2C)ccc1O)c1ccccc1. The van der Waals surface area contributed by atoms with Gasteiger partial charge in [-0.1, -0.05) is 37.3 Å². The van der Waals surface area contributed by atoms with Gasteiger partial charge in [-0.05, 0) is 61.2 Å². The van der Waals surface area contributed by atoms with Crippen molar-refractivity contribution in [2.45, 2.75) is 33.1 Å². The summed E-state index contributed by atoms with van der Waals surface area (Å²) in [5, 5.41) is 13.1. The molecular formula is C24H25N2O3. The minimum absolute atomic E-state index is 0.0245. The van der Waals surface area contributed by atoms with E-state index in [1.807, 2.05) is 51.1 Å². The van der Waals surface area contributed by atoms with Crippen LogP contribution in [0.4, 0.5) is 11.4 Å². The van der Waals surface area contributed by atoms with Crippen LogP contribution in [0.1, 0.15) is 36.0 Å². The zero-order valence-corrected chi connectivity index (χ0v) is 16.8. The Morgan fingerprint density at radius 1 is 1.07 bits per heavy atom. The summed E-state index contributed by atoms with van der Waals surface area (Å²) in [5.74, 6) is 0.643. The largest absolute Gasteiger partial charge is 0.506 e. The summed E-state index contributed by atoms with van der Waals surface area (Å²) < 4.78 is 6.00. The van der Waals surface area contributed by atoms with Crippen LogP contribution in [0.25, 0.3) is 0 Å². The smallest absolute Gasteiger partial charge is 0.232 e. The van der Waals surface area contributed by atoms with E-state index in [1.54, 1.807) is 24.3 Å². The van der Waals surface area contributed by atoms with E-state index in [9.17, 15) is 9.90 Å². The molecule has 0 saturated carbocycles. The van der Waals surface area contributed by atoms with Gasteiger partial charge in [-0.2, -0.15) is 0 Å². The first-order chi connectivity index (χ1) is 13.9. The van der Waals surface area contributed by atoms with Crippen molar-refractivity contribution in [2.75, 3.05) is 5.32 Å². The van der Waals surface area contributed by atoms with Gasteiger partial charge in [0, 0.05) is 6.07 Å². The molecule has 0 aliphatic carbocycles. The fraction of sp³-hybridized carbons (Fsp3) is 0.208. The average molecular weight is 389 g/mol. The first-order valence-corrected chi connectivity index (χ1v) is 9.58. The number of carbonyl (C=O) groups excluding carboxylic acids is 1. The minimum Gasteiger partial charge on any atom is -0.506 e. The van der Waals surface area contributed by atoms with Crippen molar-refractivity contribution >= 4 is 17.3 Å². The lowest BCUT2D eigenvalue weighted by Gasteiger charge is -2.17. The number of phenolic OH excluding ortho intramolecular Hbond substituents is 1. The lowest BCUT2D eigenvalue weighted by Crippen LogP contribution is -2.20. The number of hydrogen-bond donors (Lipinski definition) is 2. The molecule has 1 unspecified atom stereocenters. The molecule has 1 atom stereocenters. The molecular weight excluding hydrogens is 364 g/mol. The quantitative estimate of drug-likeness (QED) is 0.519. The molecule has 0 heterocycles. The number of carbonyl (C=O) groups is 1. The Kier molecular flexibility index (Phi) is 6.07. The highest BCUT2D eigenvalue weighted by molar-refractivity contribution is 5.97. The summed E-state index contributed by atoms with van der Waals surface area (Å²) in [7, 11) is 0. The molecule has 3 N–H and O–H groups in total. The summed E-state index contributed by atoms with van der Waals surface area (Å²) in [6.45, 7) is 5.72. The predicted molar refractivity (Wildman–Crippen MR) is 115 cm³/mol. The van der Waals surface area contributed by atoms with Crippen LogP contribution in [0.5, 0.6) is 17.2 Å². The van der Waals surface area contributed by atoms with Crippen molar-refractivity contribution in [3.05, 3.63) is 77.4 Å². The van der Waals surface area contributed by atoms with E-state index in [2.05, 4.69) is 5.32 Å². The average Bonchev–Trinajstić information content (AvgIpc) is 2.68. The van der Waals surface area contributed by atoms with E-state index < -0.39 is 0 Å². The molecule has 3 aromatic carbocycles. The number of benzene rings is 3. The Morgan fingerprint density at radius 3 is 2.34 bits per heavy atom. The van der Waals surface area contributed by atoms with Crippen LogP contribution in [-0.4, -0.2) is 11.0 Å². The number of anilines is 1. The number of amides is 1. The van der Waals surface area contributed by atoms with Crippen LogP contribution in [0.2, 0.25) is 0 Å². The topological polar surface area (TPSA) is 82.4 Å². The van der Waals surface area contributed by atoms with Gasteiger partial charge in [0.2, 0.25) is 5.91 Å². The summed E-state index contributed by atoms with van der Waals surface area (Å²) in [6.07, 6.45) is 0.644. The molecule has 3 rings (SSSR count). The summed E-state index contributed by atoms with van der Waals surface area (Å²) in [4.78, 5) is 12.8. The Labute approximate surface area is 171 Å². The Bertz CT molecular complexity index is 993. The van der Waals surface area contributed by atoms with Gasteiger partial charge in [0.05, 0.1) is 17.3 Å². The molecule has 5 heteroatoms. The van der Waals surface area contributed by atoms with Crippen LogP contribution in [0.3, 0.4) is 0 Å². The van der Waals surface area contributed by atoms with E-state index >= 15 is 0 Å². The molecule has 0 bridgehead atoms. The van der Waals surface area contributed by atoms with E-state index in [4.69, 9.17) is 10.5 Å². The highest BCUT2D eigenvalue weighted by Crippen LogP contribution is 2.35. The van der Waals surface area contributed by atoms with E-state index in [-0.39, 0.29) is 17.6 Å². The molecule has 3 aromatic rings. The fourth-order valence-corrected chi connectivity index (χ4v) is 3.39. The molecule has 1 amide bonds. The predicted octanol–water partition coefficient (Wildman–Crippen LogP) is 5.85. The molecule has 0 aromatic heterocycles. The Morgan fingerprint density at radius 2 is 1.72 bits per heavy atom. The Hall–Kier alpha value is -3.47. The number of aryl methyl sites for hydroxylation is 2. The van der Waals surface area contributed by atoms with Crippen molar-refractivity contribution < 1.29 is 14.6 Å². The summed E-state index contributed by atoms with van der Waals surface area (Å²) in [5.41, 5.74) is 11.1. The lowest BCUT2D eigenvalue weighted by atomic mass is 9.95. The summed E-state index contributed by atoms with van der Waals surface area (Å²) in [6, 6.07) is 17.8. The third kappa shape index (κ3) is 4.69. The van der Waals surface area contributed by atoms with Crippen LogP contribution in [-0.2, 0) is 4.79 Å². The lowest BCUT2D eigenvalue weighted by molar-refractivity contribution is -0.117. The van der Waals surface area contributed by atoms with Crippen molar-refractivity contribution in [2.24, 2.45) is 0 Å². The van der Waals surface area contributed by atoms with E-state index in [0.29, 0.717) is 29.3 Å². The van der Waals surface area contributed by atoms with Gasteiger partial charge >= 0.3 is 0 Å². The second-order valence-corrected chi connectivity index (χ2v) is 7.08. The van der Waals surface area contributed by atoms with Crippen molar-refractivity contribution in [3.8, 4) is 17.2 Å². The molecule has 0 fully saturated rings. The van der Waals surface area contributed by atoms with E-state index in [0.717, 1.165) is 16.7 Å². The van der Waals surface area contributed by atoms with Crippen LogP contribution >= 0.6 is 0 Å². The maximum absolute atomic E-state index is 12.8. The van der Waals surface area contributed by atoms with Crippen LogP contribution in [0, 0.1) is 13.8 Å². The molecule has 149 valence electrons. The third-order valence-corrected chi connectivity index (χ3v) is 4.83. The number of aromatic hydroxyl groups is 1. The molecule has 0 aliphatic rings. The number of nitrogens with one attached hydrogen (secondary N) is 2. The fourth-order valence-electron chi connectivity index (χ4n) is 3.39. The number of hydrogen-bond acceptors (Lipinski definition) is 3. The first kappa shape index (κ1) is 20.3. The Balaban J connectivity index is 1.83. The zero-order chi connectivity index (χ0) is 21.0. The van der Waals surface area contributed by atoms with Crippen molar-refractivity contribution in [3.63, 3.8) is 0 Å². The first-order valence-electron chi connectivity index (χ1n) is 9.58. The minimum atomic E-state index is -0.311. The van der Waals surface area contributed by atoms with E-state index in [1.165, 1.54) is 6.07 Å². The maximum atomic E-state index is 12.8. The number of rotatable bonds is 6. The zero-order valence-electron chi connectivity index (χ0n) is 16.8. The van der Waals surface area contributed by atoms with Gasteiger partial charge in [0.15, 0.2) is 0 Å². The van der Waals surface area contributed by atoms with Gasteiger partial charge < -0.3 is 20.9 Å². The second kappa shape index (κ2) is 8.69. The monoisotopic (exact) mass is 389 g/mol. The molecule has 29 heavy (non-hydrogen) atoms. The number of phenols is 1. The van der Waals surface area contributed by atoms with Gasteiger partial charge in [0.1, 0.15) is 17.2 Å². The van der Waals surface area contributed by atoms with Crippen LogP contribution in [0.15, 0.2) is 60.7 Å².